The van der Waals surface area contributed by atoms with Crippen molar-refractivity contribution in [3.8, 4) is 25.7 Å². The van der Waals surface area contributed by atoms with Crippen LogP contribution < -0.4 is 5.73 Å². The van der Waals surface area contributed by atoms with Gasteiger partial charge in [0.25, 0.3) is 0 Å². The van der Waals surface area contributed by atoms with Crippen LogP contribution in [-0.4, -0.2) is 5.91 Å². The molecule has 0 aliphatic carbocycles. The lowest BCUT2D eigenvalue weighted by Gasteiger charge is -1.89. The molecule has 0 unspecified atom stereocenters. The molecule has 0 atom stereocenters. The van der Waals surface area contributed by atoms with Crippen LogP contribution in [-0.2, 0) is 0 Å². The minimum atomic E-state index is -0.379. The number of carbonyl (C=O) groups is 1. The predicted molar refractivity (Wildman–Crippen MR) is 54.7 cm³/mol. The lowest BCUT2D eigenvalue weighted by atomic mass is 10.2. The van der Waals surface area contributed by atoms with Gasteiger partial charge in [-0.3, -0.25) is 4.79 Å². The number of nitrogens with two attached hydrogens (primary N) is 1. The van der Waals surface area contributed by atoms with Gasteiger partial charge in [0.2, 0.25) is 5.91 Å². The Morgan fingerprint density at radius 3 is 1.62 bits per heavy atom. The largest absolute Gasteiger partial charge is 0.366 e. The first-order valence-corrected chi connectivity index (χ1v) is 3.32. The van der Waals surface area contributed by atoms with Crippen LogP contribution in [0.1, 0.15) is 10.4 Å². The number of amides is 1. The summed E-state index contributed by atoms with van der Waals surface area (Å²) in [6, 6.07) is 8.76. The van der Waals surface area contributed by atoms with Gasteiger partial charge in [-0.15, -0.1) is 25.7 Å². The molecule has 0 fully saturated rings. The summed E-state index contributed by atoms with van der Waals surface area (Å²) in [6.45, 7) is 0. The first-order chi connectivity index (χ1) is 6.30. The molecule has 0 aliphatic heterocycles. The highest BCUT2D eigenvalue weighted by atomic mass is 16.1. The van der Waals surface area contributed by atoms with Crippen LogP contribution in [0.3, 0.4) is 0 Å². The van der Waals surface area contributed by atoms with E-state index in [1.165, 1.54) is 0 Å². The molecule has 0 saturated heterocycles. The SMILES string of the molecule is C#C.C#C.NC(=O)c1ccccc1. The normalized spacial score (nSPS) is 6.46. The van der Waals surface area contributed by atoms with Crippen molar-refractivity contribution in [1.29, 1.82) is 0 Å². The molecule has 1 rings (SSSR count). The fraction of sp³-hybridized carbons (Fsp3) is 0. The van der Waals surface area contributed by atoms with Gasteiger partial charge >= 0.3 is 0 Å². The maximum atomic E-state index is 10.4. The second-order valence-corrected chi connectivity index (χ2v) is 1.73. The van der Waals surface area contributed by atoms with Gasteiger partial charge in [-0.05, 0) is 12.1 Å². The average molecular weight is 173 g/mol. The van der Waals surface area contributed by atoms with Crippen LogP contribution >= 0.6 is 0 Å². The summed E-state index contributed by atoms with van der Waals surface area (Å²) in [4.78, 5) is 10.4. The van der Waals surface area contributed by atoms with Crippen LogP contribution in [0.4, 0.5) is 0 Å². The Morgan fingerprint density at radius 1 is 1.00 bits per heavy atom. The molecule has 13 heavy (non-hydrogen) atoms. The Morgan fingerprint density at radius 2 is 1.38 bits per heavy atom. The zero-order valence-electron chi connectivity index (χ0n) is 7.18. The van der Waals surface area contributed by atoms with E-state index in [-0.39, 0.29) is 5.91 Å². The molecule has 0 heterocycles. The Kier molecular flexibility index (Phi) is 10.1. The standard InChI is InChI=1S/C7H7NO.2C2H2/c8-7(9)6-4-2-1-3-5-6;2*1-2/h1-5H,(H2,8,9);2*1-2H. The molecule has 0 radical (unpaired) electrons. The third-order valence-electron chi connectivity index (χ3n) is 1.06. The molecule has 1 amide bonds. The first kappa shape index (κ1) is 13.4. The fourth-order valence-corrected chi connectivity index (χ4v) is 0.602. The van der Waals surface area contributed by atoms with Gasteiger partial charge in [-0.25, -0.2) is 0 Å². The summed E-state index contributed by atoms with van der Waals surface area (Å²) in [7, 11) is 0. The van der Waals surface area contributed by atoms with E-state index in [0.29, 0.717) is 5.56 Å². The molecule has 0 aromatic heterocycles. The van der Waals surface area contributed by atoms with Gasteiger partial charge in [-0.1, -0.05) is 18.2 Å². The Labute approximate surface area is 78.8 Å². The molecule has 2 heteroatoms. The van der Waals surface area contributed by atoms with Crippen molar-refractivity contribution in [1.82, 2.24) is 0 Å². The second kappa shape index (κ2) is 9.81. The summed E-state index contributed by atoms with van der Waals surface area (Å²) in [5.41, 5.74) is 5.53. The number of benzene rings is 1. The number of terminal acetylenes is 2. The molecule has 0 bridgehead atoms. The lowest BCUT2D eigenvalue weighted by Crippen LogP contribution is -2.09. The maximum absolute atomic E-state index is 10.4. The number of hydrogen-bond acceptors (Lipinski definition) is 1. The van der Waals surface area contributed by atoms with Crippen LogP contribution in [0.25, 0.3) is 0 Å². The Balaban J connectivity index is 0. The fourth-order valence-electron chi connectivity index (χ4n) is 0.602. The van der Waals surface area contributed by atoms with E-state index in [1.54, 1.807) is 24.3 Å². The van der Waals surface area contributed by atoms with Crippen molar-refractivity contribution < 1.29 is 4.79 Å². The molecule has 0 saturated carbocycles. The van der Waals surface area contributed by atoms with Gasteiger partial charge in [0.15, 0.2) is 0 Å². The van der Waals surface area contributed by atoms with E-state index in [2.05, 4.69) is 25.7 Å². The third-order valence-corrected chi connectivity index (χ3v) is 1.06. The third kappa shape index (κ3) is 6.22. The van der Waals surface area contributed by atoms with Crippen molar-refractivity contribution in [3.63, 3.8) is 0 Å². The summed E-state index contributed by atoms with van der Waals surface area (Å²) in [5, 5.41) is 0. The van der Waals surface area contributed by atoms with Crippen molar-refractivity contribution >= 4 is 5.91 Å². The van der Waals surface area contributed by atoms with Gasteiger partial charge < -0.3 is 5.73 Å². The van der Waals surface area contributed by atoms with Crippen LogP contribution in [0.2, 0.25) is 0 Å². The van der Waals surface area contributed by atoms with E-state index in [9.17, 15) is 4.79 Å². The lowest BCUT2D eigenvalue weighted by molar-refractivity contribution is 0.100. The summed E-state index contributed by atoms with van der Waals surface area (Å²) < 4.78 is 0. The van der Waals surface area contributed by atoms with Gasteiger partial charge in [0.05, 0.1) is 0 Å². The van der Waals surface area contributed by atoms with Gasteiger partial charge in [0.1, 0.15) is 0 Å². The van der Waals surface area contributed by atoms with E-state index < -0.39 is 0 Å². The number of primary amides is 1. The van der Waals surface area contributed by atoms with E-state index in [0.717, 1.165) is 0 Å². The highest BCUT2D eigenvalue weighted by Crippen LogP contribution is 1.94. The van der Waals surface area contributed by atoms with Crippen molar-refractivity contribution in [2.24, 2.45) is 5.73 Å². The monoisotopic (exact) mass is 173 g/mol. The summed E-state index contributed by atoms with van der Waals surface area (Å²) in [5.74, 6) is -0.379. The molecule has 2 N–H and O–H groups in total. The zero-order valence-corrected chi connectivity index (χ0v) is 7.18. The molecule has 1 aromatic rings. The van der Waals surface area contributed by atoms with Crippen molar-refractivity contribution in [2.75, 3.05) is 0 Å². The molecule has 0 spiro atoms. The van der Waals surface area contributed by atoms with Crippen LogP contribution in [0.15, 0.2) is 30.3 Å². The summed E-state index contributed by atoms with van der Waals surface area (Å²) in [6.07, 6.45) is 16.0. The summed E-state index contributed by atoms with van der Waals surface area (Å²) >= 11 is 0. The maximum Gasteiger partial charge on any atom is 0.248 e. The highest BCUT2D eigenvalue weighted by molar-refractivity contribution is 5.92. The van der Waals surface area contributed by atoms with E-state index >= 15 is 0 Å². The Hall–Kier alpha value is -2.19. The van der Waals surface area contributed by atoms with Crippen LogP contribution in [0, 0.1) is 25.7 Å². The van der Waals surface area contributed by atoms with E-state index in [4.69, 9.17) is 5.73 Å². The molecular formula is C11H11NO. The van der Waals surface area contributed by atoms with E-state index in [1.807, 2.05) is 6.07 Å². The quantitative estimate of drug-likeness (QED) is 0.639. The first-order valence-electron chi connectivity index (χ1n) is 3.32. The smallest absolute Gasteiger partial charge is 0.248 e. The number of hydrogen-bond donors (Lipinski definition) is 1. The minimum absolute atomic E-state index is 0.379. The molecule has 66 valence electrons. The minimum Gasteiger partial charge on any atom is -0.366 e. The van der Waals surface area contributed by atoms with Crippen LogP contribution in [0.5, 0.6) is 0 Å². The molecular weight excluding hydrogens is 162 g/mol. The highest BCUT2D eigenvalue weighted by Gasteiger charge is 1.93. The van der Waals surface area contributed by atoms with Gasteiger partial charge in [-0.2, -0.15) is 0 Å². The molecule has 0 aliphatic rings. The zero-order chi connectivity index (χ0) is 10.7. The topological polar surface area (TPSA) is 43.1 Å². The van der Waals surface area contributed by atoms with Crippen molar-refractivity contribution in [3.05, 3.63) is 35.9 Å². The molecule has 1 aromatic carbocycles. The van der Waals surface area contributed by atoms with Crippen molar-refractivity contribution in [2.45, 2.75) is 0 Å². The predicted octanol–water partition coefficient (Wildman–Crippen LogP) is 1.28. The average Bonchev–Trinajstić information content (AvgIpc) is 2.25. The Bertz CT molecular complexity index is 266. The number of rotatable bonds is 1. The van der Waals surface area contributed by atoms with Gasteiger partial charge in [0, 0.05) is 5.56 Å². The number of carbonyl (C=O) groups excluding carboxylic acids is 1. The second-order valence-electron chi connectivity index (χ2n) is 1.73. The molecule has 2 nitrogen and oxygen atoms in total.